The number of ether oxygens (including phenoxy) is 1. The molecule has 88 valence electrons. The number of carboxylic acids is 1. The van der Waals surface area contributed by atoms with Crippen LogP contribution in [0.2, 0.25) is 0 Å². The maximum Gasteiger partial charge on any atom is 0.306 e. The molecule has 1 unspecified atom stereocenters. The summed E-state index contributed by atoms with van der Waals surface area (Å²) in [4.78, 5) is 10.7. The van der Waals surface area contributed by atoms with Gasteiger partial charge in [-0.05, 0) is 31.4 Å². The van der Waals surface area contributed by atoms with Gasteiger partial charge in [-0.1, -0.05) is 25.1 Å². The van der Waals surface area contributed by atoms with E-state index >= 15 is 0 Å². The maximum atomic E-state index is 10.7. The fourth-order valence-electron chi connectivity index (χ4n) is 1.50. The third-order valence-corrected chi connectivity index (χ3v) is 2.54. The maximum absolute atomic E-state index is 10.7. The van der Waals surface area contributed by atoms with Crippen LogP contribution in [0.4, 0.5) is 0 Å². The molecular formula is C13H18O3. The van der Waals surface area contributed by atoms with Gasteiger partial charge in [-0.15, -0.1) is 0 Å². The second-order valence-corrected chi connectivity index (χ2v) is 3.82. The van der Waals surface area contributed by atoms with Crippen molar-refractivity contribution < 1.29 is 14.6 Å². The van der Waals surface area contributed by atoms with Gasteiger partial charge in [-0.3, -0.25) is 4.79 Å². The smallest absolute Gasteiger partial charge is 0.306 e. The third kappa shape index (κ3) is 3.57. The molecule has 0 aliphatic carbocycles. The van der Waals surface area contributed by atoms with Gasteiger partial charge in [0.1, 0.15) is 5.75 Å². The normalized spacial score (nSPS) is 12.1. The second-order valence-electron chi connectivity index (χ2n) is 3.82. The van der Waals surface area contributed by atoms with Gasteiger partial charge in [0.15, 0.2) is 0 Å². The fourth-order valence-corrected chi connectivity index (χ4v) is 1.50. The van der Waals surface area contributed by atoms with Crippen LogP contribution in [-0.2, 0) is 11.2 Å². The molecule has 3 nitrogen and oxygen atoms in total. The van der Waals surface area contributed by atoms with Gasteiger partial charge in [0, 0.05) is 0 Å². The van der Waals surface area contributed by atoms with E-state index in [2.05, 4.69) is 0 Å². The predicted octanol–water partition coefficient (Wildman–Crippen LogP) is 2.74. The molecule has 1 N–H and O–H groups in total. The number of carbonyl (C=O) groups is 1. The topological polar surface area (TPSA) is 46.5 Å². The summed E-state index contributed by atoms with van der Waals surface area (Å²) in [6, 6.07) is 7.78. The summed E-state index contributed by atoms with van der Waals surface area (Å²) in [5.74, 6) is -0.189. The predicted molar refractivity (Wildman–Crippen MR) is 62.7 cm³/mol. The molecule has 0 fully saturated rings. The van der Waals surface area contributed by atoms with Crippen molar-refractivity contribution in [2.24, 2.45) is 5.92 Å². The van der Waals surface area contributed by atoms with E-state index in [9.17, 15) is 4.79 Å². The van der Waals surface area contributed by atoms with Gasteiger partial charge in [-0.2, -0.15) is 0 Å². The second kappa shape index (κ2) is 6.16. The van der Waals surface area contributed by atoms with Crippen molar-refractivity contribution in [1.29, 1.82) is 0 Å². The van der Waals surface area contributed by atoms with E-state index < -0.39 is 5.97 Å². The minimum atomic E-state index is -0.742. The van der Waals surface area contributed by atoms with E-state index in [1.165, 1.54) is 0 Å². The monoisotopic (exact) mass is 222 g/mol. The van der Waals surface area contributed by atoms with Crippen LogP contribution in [0.5, 0.6) is 5.75 Å². The first-order valence-electron chi connectivity index (χ1n) is 5.58. The van der Waals surface area contributed by atoms with Crippen LogP contribution in [0, 0.1) is 5.92 Å². The van der Waals surface area contributed by atoms with Crippen molar-refractivity contribution >= 4 is 5.97 Å². The SMILES string of the molecule is CCOc1ccccc1CCC(C)C(=O)O. The molecule has 0 heterocycles. The molecule has 1 aromatic carbocycles. The van der Waals surface area contributed by atoms with E-state index in [1.807, 2.05) is 31.2 Å². The van der Waals surface area contributed by atoms with Crippen LogP contribution in [0.15, 0.2) is 24.3 Å². The standard InChI is InChI=1S/C13H18O3/c1-3-16-12-7-5-4-6-11(12)9-8-10(2)13(14)15/h4-7,10H,3,8-9H2,1-2H3,(H,14,15). The van der Waals surface area contributed by atoms with Gasteiger partial charge >= 0.3 is 5.97 Å². The molecule has 0 aliphatic rings. The molecule has 0 amide bonds. The Balaban J connectivity index is 2.62. The van der Waals surface area contributed by atoms with Crippen LogP contribution < -0.4 is 4.74 Å². The summed E-state index contributed by atoms with van der Waals surface area (Å²) in [5.41, 5.74) is 1.08. The van der Waals surface area contributed by atoms with Crippen LogP contribution in [0.3, 0.4) is 0 Å². The van der Waals surface area contributed by atoms with Crippen molar-refractivity contribution in [2.45, 2.75) is 26.7 Å². The largest absolute Gasteiger partial charge is 0.494 e. The van der Waals surface area contributed by atoms with Crippen LogP contribution in [-0.4, -0.2) is 17.7 Å². The highest BCUT2D eigenvalue weighted by Crippen LogP contribution is 2.21. The van der Waals surface area contributed by atoms with E-state index in [-0.39, 0.29) is 5.92 Å². The molecule has 1 atom stereocenters. The Morgan fingerprint density at radius 1 is 1.44 bits per heavy atom. The molecule has 0 radical (unpaired) electrons. The van der Waals surface area contributed by atoms with Crippen molar-refractivity contribution in [3.63, 3.8) is 0 Å². The summed E-state index contributed by atoms with van der Waals surface area (Å²) in [6.45, 7) is 4.30. The average Bonchev–Trinajstić information content (AvgIpc) is 2.27. The van der Waals surface area contributed by atoms with Crippen molar-refractivity contribution in [1.82, 2.24) is 0 Å². The van der Waals surface area contributed by atoms with Gasteiger partial charge in [0.05, 0.1) is 12.5 Å². The number of benzene rings is 1. The molecule has 0 bridgehead atoms. The lowest BCUT2D eigenvalue weighted by Crippen LogP contribution is -2.10. The van der Waals surface area contributed by atoms with Gasteiger partial charge in [0.2, 0.25) is 0 Å². The Morgan fingerprint density at radius 3 is 2.75 bits per heavy atom. The summed E-state index contributed by atoms with van der Waals surface area (Å²) < 4.78 is 5.48. The Bertz CT molecular complexity index is 347. The lowest BCUT2D eigenvalue weighted by molar-refractivity contribution is -0.141. The summed E-state index contributed by atoms with van der Waals surface area (Å²) in [5, 5.41) is 8.80. The first-order chi connectivity index (χ1) is 7.65. The minimum absolute atomic E-state index is 0.310. The highest BCUT2D eigenvalue weighted by molar-refractivity contribution is 5.69. The van der Waals surface area contributed by atoms with Crippen LogP contribution in [0.1, 0.15) is 25.8 Å². The summed E-state index contributed by atoms with van der Waals surface area (Å²) >= 11 is 0. The minimum Gasteiger partial charge on any atom is -0.494 e. The third-order valence-electron chi connectivity index (χ3n) is 2.54. The fraction of sp³-hybridized carbons (Fsp3) is 0.462. The van der Waals surface area contributed by atoms with Crippen molar-refractivity contribution in [2.75, 3.05) is 6.61 Å². The van der Waals surface area contributed by atoms with Gasteiger partial charge in [0.25, 0.3) is 0 Å². The van der Waals surface area contributed by atoms with E-state index in [1.54, 1.807) is 6.92 Å². The van der Waals surface area contributed by atoms with Gasteiger partial charge in [-0.25, -0.2) is 0 Å². The lowest BCUT2D eigenvalue weighted by atomic mass is 10.0. The van der Waals surface area contributed by atoms with E-state index in [0.717, 1.165) is 17.7 Å². The Hall–Kier alpha value is -1.51. The highest BCUT2D eigenvalue weighted by atomic mass is 16.5. The summed E-state index contributed by atoms with van der Waals surface area (Å²) in [7, 11) is 0. The Morgan fingerprint density at radius 2 is 2.12 bits per heavy atom. The zero-order chi connectivity index (χ0) is 12.0. The molecule has 0 spiro atoms. The van der Waals surface area contributed by atoms with Crippen molar-refractivity contribution in [3.8, 4) is 5.75 Å². The van der Waals surface area contributed by atoms with Crippen LogP contribution in [0.25, 0.3) is 0 Å². The number of rotatable bonds is 6. The number of aryl methyl sites for hydroxylation is 1. The van der Waals surface area contributed by atoms with E-state index in [0.29, 0.717) is 13.0 Å². The number of para-hydroxylation sites is 1. The zero-order valence-electron chi connectivity index (χ0n) is 9.77. The summed E-state index contributed by atoms with van der Waals surface area (Å²) in [6.07, 6.45) is 1.38. The molecule has 0 saturated carbocycles. The zero-order valence-corrected chi connectivity index (χ0v) is 9.77. The molecule has 0 aliphatic heterocycles. The number of hydrogen-bond acceptors (Lipinski definition) is 2. The molecule has 3 heteroatoms. The number of hydrogen-bond donors (Lipinski definition) is 1. The first-order valence-corrected chi connectivity index (χ1v) is 5.58. The van der Waals surface area contributed by atoms with E-state index in [4.69, 9.17) is 9.84 Å². The molecule has 1 rings (SSSR count). The highest BCUT2D eigenvalue weighted by Gasteiger charge is 2.12. The number of aliphatic carboxylic acids is 1. The quantitative estimate of drug-likeness (QED) is 0.805. The first kappa shape index (κ1) is 12.6. The Kier molecular flexibility index (Phi) is 4.83. The molecule has 0 aromatic heterocycles. The van der Waals surface area contributed by atoms with Gasteiger partial charge < -0.3 is 9.84 Å². The van der Waals surface area contributed by atoms with Crippen LogP contribution >= 0.6 is 0 Å². The lowest BCUT2D eigenvalue weighted by Gasteiger charge is -2.11. The Labute approximate surface area is 96.1 Å². The number of carboxylic acid groups (broad SMARTS) is 1. The van der Waals surface area contributed by atoms with Crippen molar-refractivity contribution in [3.05, 3.63) is 29.8 Å². The molecule has 1 aromatic rings. The average molecular weight is 222 g/mol. The molecular weight excluding hydrogens is 204 g/mol. The molecule has 0 saturated heterocycles. The molecule has 16 heavy (non-hydrogen) atoms.